The Morgan fingerprint density at radius 2 is 2.21 bits per heavy atom. The normalized spacial score (nSPS) is 17.9. The molecule has 0 bridgehead atoms. The van der Waals surface area contributed by atoms with Crippen molar-refractivity contribution in [2.24, 2.45) is 5.92 Å². The van der Waals surface area contributed by atoms with E-state index in [0.717, 1.165) is 44.6 Å². The molecule has 0 saturated carbocycles. The fourth-order valence-electron chi connectivity index (χ4n) is 2.57. The number of aromatic hydroxyl groups is 1. The van der Waals surface area contributed by atoms with E-state index in [1.54, 1.807) is 6.07 Å². The summed E-state index contributed by atoms with van der Waals surface area (Å²) in [6.07, 6.45) is 3.16. The van der Waals surface area contributed by atoms with Crippen molar-refractivity contribution < 1.29 is 9.84 Å². The standard InChI is InChI=1S/C16H25NO2/c1-12(2)8-10-19-11-9-17-15-7-6-14-13(15)4-3-5-16(14)18/h3-5,12,15,17-18H,6-11H2,1-2H3. The highest BCUT2D eigenvalue weighted by Gasteiger charge is 2.23. The van der Waals surface area contributed by atoms with Crippen molar-refractivity contribution in [1.82, 2.24) is 5.32 Å². The highest BCUT2D eigenvalue weighted by molar-refractivity contribution is 5.44. The third-order valence-corrected chi connectivity index (χ3v) is 3.72. The molecule has 1 aliphatic carbocycles. The van der Waals surface area contributed by atoms with Gasteiger partial charge in [-0.3, -0.25) is 0 Å². The summed E-state index contributed by atoms with van der Waals surface area (Å²) in [5, 5.41) is 13.3. The molecule has 106 valence electrons. The van der Waals surface area contributed by atoms with E-state index in [1.165, 1.54) is 5.56 Å². The summed E-state index contributed by atoms with van der Waals surface area (Å²) in [5.41, 5.74) is 2.36. The zero-order valence-corrected chi connectivity index (χ0v) is 12.0. The van der Waals surface area contributed by atoms with Gasteiger partial charge >= 0.3 is 0 Å². The summed E-state index contributed by atoms with van der Waals surface area (Å²) >= 11 is 0. The lowest BCUT2D eigenvalue weighted by Gasteiger charge is -2.14. The Morgan fingerprint density at radius 1 is 1.37 bits per heavy atom. The fraction of sp³-hybridized carbons (Fsp3) is 0.625. The lowest BCUT2D eigenvalue weighted by Crippen LogP contribution is -2.24. The van der Waals surface area contributed by atoms with Gasteiger partial charge in [0.1, 0.15) is 5.75 Å². The first-order valence-corrected chi connectivity index (χ1v) is 7.30. The third kappa shape index (κ3) is 3.95. The third-order valence-electron chi connectivity index (χ3n) is 3.72. The van der Waals surface area contributed by atoms with Crippen LogP contribution >= 0.6 is 0 Å². The molecule has 1 unspecified atom stereocenters. The second-order valence-corrected chi connectivity index (χ2v) is 5.69. The van der Waals surface area contributed by atoms with E-state index in [9.17, 15) is 5.11 Å². The van der Waals surface area contributed by atoms with Crippen LogP contribution in [0.4, 0.5) is 0 Å². The van der Waals surface area contributed by atoms with E-state index >= 15 is 0 Å². The van der Waals surface area contributed by atoms with E-state index in [4.69, 9.17) is 4.74 Å². The molecule has 0 aliphatic heterocycles. The van der Waals surface area contributed by atoms with Crippen LogP contribution < -0.4 is 5.32 Å². The van der Waals surface area contributed by atoms with Gasteiger partial charge in [-0.1, -0.05) is 26.0 Å². The average Bonchev–Trinajstić information content (AvgIpc) is 2.78. The maximum atomic E-state index is 9.79. The molecule has 0 aromatic heterocycles. The molecule has 0 heterocycles. The van der Waals surface area contributed by atoms with E-state index in [-0.39, 0.29) is 0 Å². The van der Waals surface area contributed by atoms with Crippen molar-refractivity contribution in [2.75, 3.05) is 19.8 Å². The summed E-state index contributed by atoms with van der Waals surface area (Å²) < 4.78 is 5.60. The van der Waals surface area contributed by atoms with Crippen molar-refractivity contribution in [3.63, 3.8) is 0 Å². The van der Waals surface area contributed by atoms with Crippen molar-refractivity contribution in [1.29, 1.82) is 0 Å². The first kappa shape index (κ1) is 14.4. The van der Waals surface area contributed by atoms with Crippen LogP contribution in [0.5, 0.6) is 5.75 Å². The van der Waals surface area contributed by atoms with Gasteiger partial charge in [0.15, 0.2) is 0 Å². The van der Waals surface area contributed by atoms with Gasteiger partial charge in [0.05, 0.1) is 6.61 Å². The van der Waals surface area contributed by atoms with Crippen LogP contribution in [0.15, 0.2) is 18.2 Å². The smallest absolute Gasteiger partial charge is 0.119 e. The number of hydrogen-bond donors (Lipinski definition) is 2. The monoisotopic (exact) mass is 263 g/mol. The quantitative estimate of drug-likeness (QED) is 0.743. The second-order valence-electron chi connectivity index (χ2n) is 5.69. The minimum absolute atomic E-state index is 0.371. The lowest BCUT2D eigenvalue weighted by atomic mass is 10.1. The number of nitrogens with one attached hydrogen (secondary N) is 1. The van der Waals surface area contributed by atoms with E-state index in [0.29, 0.717) is 17.7 Å². The van der Waals surface area contributed by atoms with Crippen LogP contribution in [0.2, 0.25) is 0 Å². The van der Waals surface area contributed by atoms with Gasteiger partial charge in [-0.05, 0) is 42.4 Å². The van der Waals surface area contributed by atoms with Gasteiger partial charge in [0.2, 0.25) is 0 Å². The van der Waals surface area contributed by atoms with Crippen LogP contribution in [-0.2, 0) is 11.2 Å². The number of phenols is 1. The molecule has 3 nitrogen and oxygen atoms in total. The molecular weight excluding hydrogens is 238 g/mol. The average molecular weight is 263 g/mol. The molecule has 0 fully saturated rings. The van der Waals surface area contributed by atoms with E-state index in [2.05, 4.69) is 25.2 Å². The highest BCUT2D eigenvalue weighted by Crippen LogP contribution is 2.35. The number of phenolic OH excluding ortho intramolecular Hbond substituents is 1. The van der Waals surface area contributed by atoms with Crippen molar-refractivity contribution in [3.05, 3.63) is 29.3 Å². The SMILES string of the molecule is CC(C)CCOCCNC1CCc2c(O)cccc21. The summed E-state index contributed by atoms with van der Waals surface area (Å²) in [6.45, 7) is 6.91. The molecule has 3 heteroatoms. The van der Waals surface area contributed by atoms with Crippen LogP contribution in [-0.4, -0.2) is 24.9 Å². The minimum atomic E-state index is 0.371. The van der Waals surface area contributed by atoms with Gasteiger partial charge in [0, 0.05) is 19.2 Å². The van der Waals surface area contributed by atoms with Crippen molar-refractivity contribution >= 4 is 0 Å². The molecule has 2 rings (SSSR count). The number of hydrogen-bond acceptors (Lipinski definition) is 3. The Morgan fingerprint density at radius 3 is 3.00 bits per heavy atom. The van der Waals surface area contributed by atoms with Gasteiger partial charge in [-0.25, -0.2) is 0 Å². The minimum Gasteiger partial charge on any atom is -0.508 e. The Kier molecular flexibility index (Phi) is 5.23. The van der Waals surface area contributed by atoms with Crippen LogP contribution in [0, 0.1) is 5.92 Å². The predicted molar refractivity (Wildman–Crippen MR) is 77.4 cm³/mol. The summed E-state index contributed by atoms with van der Waals surface area (Å²) in [6, 6.07) is 6.18. The summed E-state index contributed by atoms with van der Waals surface area (Å²) in [5.74, 6) is 1.15. The highest BCUT2D eigenvalue weighted by atomic mass is 16.5. The van der Waals surface area contributed by atoms with Crippen molar-refractivity contribution in [2.45, 2.75) is 39.2 Å². The van der Waals surface area contributed by atoms with Gasteiger partial charge in [-0.15, -0.1) is 0 Å². The molecule has 19 heavy (non-hydrogen) atoms. The Bertz CT molecular complexity index is 404. The zero-order valence-electron chi connectivity index (χ0n) is 12.0. The molecule has 1 aromatic rings. The first-order valence-electron chi connectivity index (χ1n) is 7.30. The molecule has 1 atom stereocenters. The summed E-state index contributed by atoms with van der Waals surface area (Å²) in [4.78, 5) is 0. The maximum Gasteiger partial charge on any atom is 0.119 e. The Labute approximate surface area is 116 Å². The van der Waals surface area contributed by atoms with Gasteiger partial charge in [-0.2, -0.15) is 0 Å². The molecule has 0 saturated heterocycles. The Hall–Kier alpha value is -1.06. The molecule has 1 aromatic carbocycles. The van der Waals surface area contributed by atoms with Crippen LogP contribution in [0.1, 0.15) is 43.9 Å². The van der Waals surface area contributed by atoms with E-state index < -0.39 is 0 Å². The van der Waals surface area contributed by atoms with Gasteiger partial charge < -0.3 is 15.2 Å². The zero-order chi connectivity index (χ0) is 13.7. The molecule has 2 N–H and O–H groups in total. The number of benzene rings is 1. The lowest BCUT2D eigenvalue weighted by molar-refractivity contribution is 0.123. The van der Waals surface area contributed by atoms with Crippen LogP contribution in [0.25, 0.3) is 0 Å². The summed E-state index contributed by atoms with van der Waals surface area (Å²) in [7, 11) is 0. The number of ether oxygens (including phenoxy) is 1. The predicted octanol–water partition coefficient (Wildman–Crippen LogP) is 3.03. The van der Waals surface area contributed by atoms with Crippen LogP contribution in [0.3, 0.4) is 0 Å². The number of rotatable bonds is 7. The first-order chi connectivity index (χ1) is 9.18. The number of fused-ring (bicyclic) bond motifs is 1. The second kappa shape index (κ2) is 6.92. The topological polar surface area (TPSA) is 41.5 Å². The molecule has 0 spiro atoms. The molecule has 0 radical (unpaired) electrons. The fourth-order valence-corrected chi connectivity index (χ4v) is 2.57. The van der Waals surface area contributed by atoms with E-state index in [1.807, 2.05) is 6.07 Å². The molecule has 0 amide bonds. The maximum absolute atomic E-state index is 9.79. The molecule has 1 aliphatic rings. The largest absolute Gasteiger partial charge is 0.508 e. The Balaban J connectivity index is 1.70. The van der Waals surface area contributed by atoms with Crippen molar-refractivity contribution in [3.8, 4) is 5.75 Å². The molecular formula is C16H25NO2. The van der Waals surface area contributed by atoms with Gasteiger partial charge in [0.25, 0.3) is 0 Å².